The van der Waals surface area contributed by atoms with Gasteiger partial charge in [0.15, 0.2) is 6.61 Å². The predicted octanol–water partition coefficient (Wildman–Crippen LogP) is 4.15. The van der Waals surface area contributed by atoms with Crippen LogP contribution in [0.5, 0.6) is 0 Å². The van der Waals surface area contributed by atoms with Crippen LogP contribution in [-0.4, -0.2) is 23.3 Å². The lowest BCUT2D eigenvalue weighted by atomic mass is 10.1. The predicted molar refractivity (Wildman–Crippen MR) is 96.2 cm³/mol. The maximum absolute atomic E-state index is 12.3. The Bertz CT molecular complexity index is 1030. The monoisotopic (exact) mass is 371 g/mol. The first-order valence-corrected chi connectivity index (χ1v) is 8.38. The van der Waals surface area contributed by atoms with Crippen LogP contribution in [0.15, 0.2) is 46.9 Å². The van der Waals surface area contributed by atoms with Crippen LogP contribution in [0.3, 0.4) is 0 Å². The minimum atomic E-state index is -0.740. The van der Waals surface area contributed by atoms with E-state index in [1.165, 1.54) is 29.5 Å². The first-order valence-electron chi connectivity index (χ1n) is 7.56. The molecule has 1 aromatic carbocycles. The third kappa shape index (κ3) is 3.70. The molecule has 0 aliphatic heterocycles. The summed E-state index contributed by atoms with van der Waals surface area (Å²) in [6, 6.07) is 10.2. The Morgan fingerprint density at radius 2 is 2.04 bits per heavy atom. The second kappa shape index (κ2) is 7.32. The van der Waals surface area contributed by atoms with Gasteiger partial charge in [-0.2, -0.15) is 0 Å². The molecule has 0 aliphatic rings. The smallest absolute Gasteiger partial charge is 0.433 e. The van der Waals surface area contributed by atoms with Gasteiger partial charge in [0.1, 0.15) is 10.7 Å². The van der Waals surface area contributed by atoms with Crippen LogP contribution in [0.2, 0.25) is 0 Å². The third-order valence-corrected chi connectivity index (χ3v) is 4.93. The van der Waals surface area contributed by atoms with Gasteiger partial charge in [0, 0.05) is 10.8 Å². The molecule has 0 unspecified atom stereocenters. The van der Waals surface area contributed by atoms with Crippen LogP contribution in [0.25, 0.3) is 16.2 Å². The molecule has 2 aromatic heterocycles. The van der Waals surface area contributed by atoms with Crippen molar-refractivity contribution in [2.24, 2.45) is 0 Å². The van der Waals surface area contributed by atoms with E-state index in [0.29, 0.717) is 4.88 Å². The summed E-state index contributed by atoms with van der Waals surface area (Å²) in [6.45, 7) is 1.48. The standard InChI is InChI=1S/C18H13NO6S/c1-11-13-4-2-3-5-15(13)26-18(11)14(20)10-24-17(21)9-7-12-6-8-16(25-12)19(22)23/h2-9H,10H2,1H3/b9-7+. The number of ether oxygens (including phenoxy) is 1. The second-order valence-corrected chi connectivity index (χ2v) is 6.40. The fraction of sp³-hybridized carbons (Fsp3) is 0.111. The molecule has 0 bridgehead atoms. The number of benzene rings is 1. The topological polar surface area (TPSA) is 99.7 Å². The number of rotatable bonds is 6. The summed E-state index contributed by atoms with van der Waals surface area (Å²) in [5, 5.41) is 11.5. The second-order valence-electron chi connectivity index (χ2n) is 5.35. The number of ketones is 1. The van der Waals surface area contributed by atoms with Crippen molar-refractivity contribution >= 4 is 45.1 Å². The molecule has 0 N–H and O–H groups in total. The SMILES string of the molecule is Cc1c(C(=O)COC(=O)/C=C/c2ccc([N+](=O)[O-])o2)sc2ccccc12. The zero-order valence-electron chi connectivity index (χ0n) is 13.6. The molecule has 0 saturated carbocycles. The Morgan fingerprint density at radius 1 is 1.27 bits per heavy atom. The number of nitro groups is 1. The molecule has 0 amide bonds. The summed E-state index contributed by atoms with van der Waals surface area (Å²) < 4.78 is 10.8. The van der Waals surface area contributed by atoms with Gasteiger partial charge in [-0.15, -0.1) is 11.3 Å². The fourth-order valence-corrected chi connectivity index (χ4v) is 3.50. The van der Waals surface area contributed by atoms with Crippen molar-refractivity contribution in [3.63, 3.8) is 0 Å². The van der Waals surface area contributed by atoms with Crippen LogP contribution in [0.1, 0.15) is 21.0 Å². The third-order valence-electron chi connectivity index (χ3n) is 3.62. The molecule has 0 saturated heterocycles. The molecule has 0 radical (unpaired) electrons. The number of fused-ring (bicyclic) bond motifs is 1. The summed E-state index contributed by atoms with van der Waals surface area (Å²) >= 11 is 1.36. The molecular formula is C18H13NO6S. The van der Waals surface area contributed by atoms with E-state index in [0.717, 1.165) is 21.7 Å². The van der Waals surface area contributed by atoms with Gasteiger partial charge in [-0.05, 0) is 36.1 Å². The molecule has 7 nitrogen and oxygen atoms in total. The number of thiophene rings is 1. The van der Waals surface area contributed by atoms with Crippen LogP contribution in [-0.2, 0) is 9.53 Å². The Kier molecular flexibility index (Phi) is 4.94. The Hall–Kier alpha value is -3.26. The molecule has 3 aromatic rings. The van der Waals surface area contributed by atoms with Gasteiger partial charge in [-0.1, -0.05) is 18.2 Å². The molecule has 2 heterocycles. The van der Waals surface area contributed by atoms with Gasteiger partial charge in [0.05, 0.1) is 10.9 Å². The van der Waals surface area contributed by atoms with Gasteiger partial charge in [-0.25, -0.2) is 4.79 Å². The number of furan rings is 1. The maximum atomic E-state index is 12.3. The van der Waals surface area contributed by atoms with Crippen molar-refractivity contribution < 1.29 is 23.7 Å². The lowest BCUT2D eigenvalue weighted by molar-refractivity contribution is -0.402. The Balaban J connectivity index is 1.61. The number of hydrogen-bond donors (Lipinski definition) is 0. The van der Waals surface area contributed by atoms with E-state index >= 15 is 0 Å². The van der Waals surface area contributed by atoms with Gasteiger partial charge >= 0.3 is 11.9 Å². The van der Waals surface area contributed by atoms with Gasteiger partial charge in [-0.3, -0.25) is 14.9 Å². The molecule has 26 heavy (non-hydrogen) atoms. The van der Waals surface area contributed by atoms with E-state index in [1.54, 1.807) is 0 Å². The molecule has 8 heteroatoms. The normalized spacial score (nSPS) is 11.1. The number of carbonyl (C=O) groups is 2. The summed E-state index contributed by atoms with van der Waals surface area (Å²) in [5.41, 5.74) is 0.866. The number of Topliss-reactive ketones (excluding diaryl/α,β-unsaturated/α-hetero) is 1. The number of esters is 1. The summed E-state index contributed by atoms with van der Waals surface area (Å²) in [4.78, 5) is 34.4. The van der Waals surface area contributed by atoms with Crippen molar-refractivity contribution in [2.75, 3.05) is 6.61 Å². The van der Waals surface area contributed by atoms with E-state index in [-0.39, 0.29) is 18.2 Å². The van der Waals surface area contributed by atoms with Gasteiger partial charge in [0.25, 0.3) is 0 Å². The minimum absolute atomic E-state index is 0.139. The molecule has 0 fully saturated rings. The maximum Gasteiger partial charge on any atom is 0.433 e. The highest BCUT2D eigenvalue weighted by molar-refractivity contribution is 7.21. The zero-order valence-corrected chi connectivity index (χ0v) is 14.4. The van der Waals surface area contributed by atoms with Gasteiger partial charge in [0.2, 0.25) is 5.78 Å². The van der Waals surface area contributed by atoms with E-state index in [9.17, 15) is 19.7 Å². The zero-order chi connectivity index (χ0) is 18.7. The van der Waals surface area contributed by atoms with Crippen molar-refractivity contribution in [1.29, 1.82) is 0 Å². The average molecular weight is 371 g/mol. The van der Waals surface area contributed by atoms with Crippen molar-refractivity contribution in [3.05, 3.63) is 68.8 Å². The molecular weight excluding hydrogens is 358 g/mol. The Labute approximate surface area is 151 Å². The quantitative estimate of drug-likeness (QED) is 0.212. The van der Waals surface area contributed by atoms with Gasteiger partial charge < -0.3 is 9.15 Å². The van der Waals surface area contributed by atoms with Crippen molar-refractivity contribution in [3.8, 4) is 0 Å². The molecule has 132 valence electrons. The highest BCUT2D eigenvalue weighted by Gasteiger charge is 2.16. The first kappa shape index (κ1) is 17.6. The fourth-order valence-electron chi connectivity index (χ4n) is 2.37. The van der Waals surface area contributed by atoms with Crippen LogP contribution >= 0.6 is 11.3 Å². The Morgan fingerprint density at radius 3 is 2.73 bits per heavy atom. The lowest BCUT2D eigenvalue weighted by Crippen LogP contribution is -2.12. The molecule has 3 rings (SSSR count). The van der Waals surface area contributed by atoms with E-state index < -0.39 is 16.8 Å². The largest absolute Gasteiger partial charge is 0.454 e. The van der Waals surface area contributed by atoms with Crippen molar-refractivity contribution in [2.45, 2.75) is 6.92 Å². The number of nitrogens with zero attached hydrogens (tertiary/aromatic N) is 1. The number of carbonyl (C=O) groups excluding carboxylic acids is 2. The van der Waals surface area contributed by atoms with Crippen LogP contribution in [0.4, 0.5) is 5.88 Å². The average Bonchev–Trinajstić information content (AvgIpc) is 3.23. The molecule has 0 aliphatic carbocycles. The van der Waals surface area contributed by atoms with Crippen LogP contribution in [0, 0.1) is 17.0 Å². The summed E-state index contributed by atoms with van der Waals surface area (Å²) in [6.07, 6.45) is 2.29. The minimum Gasteiger partial charge on any atom is -0.454 e. The van der Waals surface area contributed by atoms with E-state index in [4.69, 9.17) is 9.15 Å². The van der Waals surface area contributed by atoms with E-state index in [2.05, 4.69) is 0 Å². The lowest BCUT2D eigenvalue weighted by Gasteiger charge is -2.00. The van der Waals surface area contributed by atoms with E-state index in [1.807, 2.05) is 31.2 Å². The highest BCUT2D eigenvalue weighted by Crippen LogP contribution is 2.30. The molecule has 0 spiro atoms. The highest BCUT2D eigenvalue weighted by atomic mass is 32.1. The molecule has 0 atom stereocenters. The summed E-state index contributed by atoms with van der Waals surface area (Å²) in [5.74, 6) is -1.30. The number of aryl methyl sites for hydroxylation is 1. The summed E-state index contributed by atoms with van der Waals surface area (Å²) in [7, 11) is 0. The van der Waals surface area contributed by atoms with Crippen molar-refractivity contribution in [1.82, 2.24) is 0 Å². The number of hydrogen-bond acceptors (Lipinski definition) is 7. The first-order chi connectivity index (χ1) is 12.5. The van der Waals surface area contributed by atoms with Crippen LogP contribution < -0.4 is 0 Å².